The molecule has 0 unspecified atom stereocenters. The summed E-state index contributed by atoms with van der Waals surface area (Å²) < 4.78 is 25.3. The summed E-state index contributed by atoms with van der Waals surface area (Å²) >= 11 is 1.69. The maximum atomic E-state index is 12.5. The van der Waals surface area contributed by atoms with Crippen molar-refractivity contribution < 1.29 is 8.78 Å². The molecule has 0 aliphatic rings. The van der Waals surface area contributed by atoms with E-state index in [-0.39, 0.29) is 27.1 Å². The molecule has 14 heavy (non-hydrogen) atoms. The third kappa shape index (κ3) is 2.29. The lowest BCUT2D eigenvalue weighted by atomic mass is 10.1. The van der Waals surface area contributed by atoms with Crippen LogP contribution >= 0.6 is 22.6 Å². The Bertz CT molecular complexity index is 387. The smallest absolute Gasteiger partial charge is 0.266 e. The van der Waals surface area contributed by atoms with Crippen molar-refractivity contribution in [3.05, 3.63) is 20.9 Å². The molecule has 3 nitrogen and oxygen atoms in total. The molecule has 0 radical (unpaired) electrons. The molecule has 0 bridgehead atoms. The zero-order chi connectivity index (χ0) is 10.7. The Morgan fingerprint density at radius 2 is 2.29 bits per heavy atom. The highest BCUT2D eigenvalue weighted by atomic mass is 127. The van der Waals surface area contributed by atoms with E-state index in [0.29, 0.717) is 0 Å². The molecule has 1 aromatic rings. The fourth-order valence-corrected chi connectivity index (χ4v) is 1.92. The molecule has 0 aliphatic heterocycles. The fourth-order valence-electron chi connectivity index (χ4n) is 1.06. The van der Waals surface area contributed by atoms with Gasteiger partial charge < -0.3 is 5.73 Å². The van der Waals surface area contributed by atoms with Gasteiger partial charge in [-0.2, -0.15) is 5.26 Å². The normalized spacial score (nSPS) is 10.2. The first-order valence-corrected chi connectivity index (χ1v) is 4.74. The van der Waals surface area contributed by atoms with E-state index in [1.165, 1.54) is 6.07 Å². The number of nitrogen functional groups attached to an aromatic ring is 1. The highest BCUT2D eigenvalue weighted by Gasteiger charge is 2.18. The number of nitrogens with two attached hydrogens (primary N) is 1. The van der Waals surface area contributed by atoms with E-state index in [0.717, 1.165) is 0 Å². The van der Waals surface area contributed by atoms with Crippen LogP contribution in [0.4, 0.5) is 14.6 Å². The molecule has 0 aliphatic carbocycles. The Morgan fingerprint density at radius 1 is 1.64 bits per heavy atom. The van der Waals surface area contributed by atoms with Gasteiger partial charge in [-0.25, -0.2) is 13.8 Å². The van der Waals surface area contributed by atoms with Crippen molar-refractivity contribution in [2.75, 3.05) is 5.73 Å². The summed E-state index contributed by atoms with van der Waals surface area (Å²) in [5, 5.41) is 8.45. The van der Waals surface area contributed by atoms with Crippen LogP contribution in [0, 0.1) is 15.0 Å². The molecule has 0 spiro atoms. The molecule has 2 N–H and O–H groups in total. The van der Waals surface area contributed by atoms with Gasteiger partial charge in [0.2, 0.25) is 0 Å². The zero-order valence-corrected chi connectivity index (χ0v) is 9.12. The van der Waals surface area contributed by atoms with Crippen molar-refractivity contribution in [3.63, 3.8) is 0 Å². The average Bonchev–Trinajstić information content (AvgIpc) is 2.01. The van der Waals surface area contributed by atoms with Crippen LogP contribution in [0.15, 0.2) is 6.07 Å². The summed E-state index contributed by atoms with van der Waals surface area (Å²) in [5.41, 5.74) is 5.44. The van der Waals surface area contributed by atoms with Gasteiger partial charge in [0.15, 0.2) is 0 Å². The first-order chi connectivity index (χ1) is 6.56. The molecule has 0 fully saturated rings. The number of nitrogens with zero attached hydrogens (tertiary/aromatic N) is 2. The first-order valence-electron chi connectivity index (χ1n) is 3.66. The lowest BCUT2D eigenvalue weighted by Gasteiger charge is -2.08. The molecular weight excluding hydrogens is 303 g/mol. The van der Waals surface area contributed by atoms with E-state index in [1.54, 1.807) is 22.6 Å². The number of hydrogen-bond acceptors (Lipinski definition) is 3. The Kier molecular flexibility index (Phi) is 3.57. The largest absolute Gasteiger partial charge is 0.384 e. The summed E-state index contributed by atoms with van der Waals surface area (Å²) in [7, 11) is 0. The number of aromatic nitrogens is 1. The number of rotatable bonds is 2. The Morgan fingerprint density at radius 3 is 2.79 bits per heavy atom. The Balaban J connectivity index is 3.30. The van der Waals surface area contributed by atoms with Crippen molar-refractivity contribution >= 4 is 28.4 Å². The van der Waals surface area contributed by atoms with E-state index >= 15 is 0 Å². The summed E-state index contributed by atoms with van der Waals surface area (Å²) in [6.07, 6.45) is -2.71. The highest BCUT2D eigenvalue weighted by Crippen LogP contribution is 2.28. The summed E-state index contributed by atoms with van der Waals surface area (Å²) in [5.74, 6) is 0.157. The van der Waals surface area contributed by atoms with Gasteiger partial charge in [-0.1, -0.05) is 0 Å². The molecule has 0 saturated carbocycles. The molecular formula is C8H6F2IN3. The minimum absolute atomic E-state index is 0.0810. The summed E-state index contributed by atoms with van der Waals surface area (Å²) in [6, 6.07) is 3.13. The highest BCUT2D eigenvalue weighted by molar-refractivity contribution is 14.1. The predicted octanol–water partition coefficient (Wildman–Crippen LogP) is 2.27. The quantitative estimate of drug-likeness (QED) is 0.673. The van der Waals surface area contributed by atoms with Gasteiger partial charge >= 0.3 is 0 Å². The van der Waals surface area contributed by atoms with E-state index < -0.39 is 6.43 Å². The molecule has 0 amide bonds. The van der Waals surface area contributed by atoms with Crippen LogP contribution in [0.2, 0.25) is 0 Å². The third-order valence-electron chi connectivity index (χ3n) is 1.61. The molecule has 6 heteroatoms. The Hall–Kier alpha value is -0.970. The van der Waals surface area contributed by atoms with Crippen LogP contribution in [-0.2, 0) is 6.42 Å². The van der Waals surface area contributed by atoms with Crippen molar-refractivity contribution in [2.45, 2.75) is 12.8 Å². The van der Waals surface area contributed by atoms with Crippen LogP contribution in [0.3, 0.4) is 0 Å². The maximum Gasteiger partial charge on any atom is 0.266 e. The number of nitriles is 1. The number of anilines is 1. The van der Waals surface area contributed by atoms with Gasteiger partial charge in [-0.3, -0.25) is 0 Å². The average molecular weight is 309 g/mol. The van der Waals surface area contributed by atoms with E-state index in [4.69, 9.17) is 11.0 Å². The Labute approximate surface area is 93.1 Å². The van der Waals surface area contributed by atoms with Gasteiger partial charge in [0, 0.05) is 0 Å². The van der Waals surface area contributed by atoms with Crippen molar-refractivity contribution in [2.24, 2.45) is 0 Å². The number of pyridine rings is 1. The molecule has 0 aromatic carbocycles. The second-order valence-corrected chi connectivity index (χ2v) is 3.57. The number of halogens is 3. The van der Waals surface area contributed by atoms with Gasteiger partial charge in [-0.15, -0.1) is 0 Å². The zero-order valence-electron chi connectivity index (χ0n) is 6.97. The number of hydrogen-bond donors (Lipinski definition) is 1. The van der Waals surface area contributed by atoms with Crippen LogP contribution in [0.1, 0.15) is 17.6 Å². The van der Waals surface area contributed by atoms with Crippen molar-refractivity contribution in [1.29, 1.82) is 5.26 Å². The third-order valence-corrected chi connectivity index (χ3v) is 2.43. The van der Waals surface area contributed by atoms with Crippen LogP contribution in [0.25, 0.3) is 0 Å². The minimum atomic E-state index is -2.63. The van der Waals surface area contributed by atoms with E-state index in [2.05, 4.69) is 4.98 Å². The lowest BCUT2D eigenvalue weighted by molar-refractivity contribution is 0.149. The minimum Gasteiger partial charge on any atom is -0.384 e. The van der Waals surface area contributed by atoms with Gasteiger partial charge in [-0.05, 0) is 34.2 Å². The summed E-state index contributed by atoms with van der Waals surface area (Å²) in [4.78, 5) is 3.71. The topological polar surface area (TPSA) is 62.7 Å². The van der Waals surface area contributed by atoms with E-state index in [9.17, 15) is 8.78 Å². The van der Waals surface area contributed by atoms with Crippen molar-refractivity contribution in [1.82, 2.24) is 4.98 Å². The van der Waals surface area contributed by atoms with Crippen LogP contribution < -0.4 is 5.73 Å². The van der Waals surface area contributed by atoms with Crippen LogP contribution in [0.5, 0.6) is 0 Å². The molecule has 1 heterocycles. The second kappa shape index (κ2) is 4.50. The first kappa shape index (κ1) is 11.1. The molecule has 1 rings (SSSR count). The lowest BCUT2D eigenvalue weighted by Crippen LogP contribution is -2.03. The standard InChI is InChI=1S/C8H6F2IN3/c9-7(10)6-4(1-2-12)3-5(13)14-8(6)11/h3,7H,1H2,(H2,13,14). The van der Waals surface area contributed by atoms with Gasteiger partial charge in [0.25, 0.3) is 6.43 Å². The van der Waals surface area contributed by atoms with Crippen LogP contribution in [-0.4, -0.2) is 4.98 Å². The molecule has 74 valence electrons. The molecule has 0 atom stereocenters. The predicted molar refractivity (Wildman–Crippen MR) is 55.6 cm³/mol. The SMILES string of the molecule is N#CCc1cc(N)nc(I)c1C(F)F. The van der Waals surface area contributed by atoms with Gasteiger partial charge in [0.1, 0.15) is 9.52 Å². The fraction of sp³-hybridized carbons (Fsp3) is 0.250. The number of alkyl halides is 2. The molecule has 1 aromatic heterocycles. The van der Waals surface area contributed by atoms with E-state index in [1.807, 2.05) is 6.07 Å². The maximum absolute atomic E-state index is 12.5. The summed E-state index contributed by atoms with van der Waals surface area (Å²) in [6.45, 7) is 0. The van der Waals surface area contributed by atoms with Gasteiger partial charge in [0.05, 0.1) is 18.1 Å². The van der Waals surface area contributed by atoms with Crippen molar-refractivity contribution in [3.8, 4) is 6.07 Å². The second-order valence-electron chi connectivity index (χ2n) is 2.55. The monoisotopic (exact) mass is 309 g/mol. The molecule has 0 saturated heterocycles.